The summed E-state index contributed by atoms with van der Waals surface area (Å²) in [5.41, 5.74) is 3.11. The number of pyridine rings is 1. The first-order valence-corrected chi connectivity index (χ1v) is 8.22. The summed E-state index contributed by atoms with van der Waals surface area (Å²) in [5, 5.41) is 2.87. The number of amides is 1. The molecule has 5 heteroatoms. The minimum Gasteiger partial charge on any atom is -0.445 e. The van der Waals surface area contributed by atoms with Crippen molar-refractivity contribution in [3.05, 3.63) is 65.5 Å². The number of hydrogen-bond acceptors (Lipinski definition) is 4. The van der Waals surface area contributed by atoms with Crippen molar-refractivity contribution in [1.29, 1.82) is 0 Å². The molecule has 1 aliphatic heterocycles. The molecule has 1 N–H and O–H groups in total. The third kappa shape index (κ3) is 4.55. The van der Waals surface area contributed by atoms with Crippen molar-refractivity contribution in [3.63, 3.8) is 0 Å². The van der Waals surface area contributed by atoms with Gasteiger partial charge in [-0.1, -0.05) is 30.3 Å². The summed E-state index contributed by atoms with van der Waals surface area (Å²) >= 11 is 0. The lowest BCUT2D eigenvalue weighted by atomic mass is 9.99. The summed E-state index contributed by atoms with van der Waals surface area (Å²) in [6.07, 6.45) is 3.22. The number of rotatable bonds is 4. The Balaban J connectivity index is 1.42. The molecular formula is C19H22N2O3. The Morgan fingerprint density at radius 2 is 2.12 bits per heavy atom. The highest BCUT2D eigenvalue weighted by molar-refractivity contribution is 5.67. The zero-order valence-electron chi connectivity index (χ0n) is 13.8. The van der Waals surface area contributed by atoms with Gasteiger partial charge in [0.25, 0.3) is 0 Å². The highest BCUT2D eigenvalue weighted by Crippen LogP contribution is 2.28. The molecule has 5 nitrogen and oxygen atoms in total. The van der Waals surface area contributed by atoms with E-state index in [1.165, 1.54) is 0 Å². The third-order valence-electron chi connectivity index (χ3n) is 4.10. The molecule has 1 amide bonds. The van der Waals surface area contributed by atoms with Crippen molar-refractivity contribution in [2.45, 2.75) is 38.5 Å². The van der Waals surface area contributed by atoms with E-state index in [-0.39, 0.29) is 18.8 Å². The lowest BCUT2D eigenvalue weighted by molar-refractivity contribution is -0.00455. The fraction of sp³-hybridized carbons (Fsp3) is 0.368. The Kier molecular flexibility index (Phi) is 5.43. The van der Waals surface area contributed by atoms with Crippen LogP contribution in [-0.4, -0.2) is 23.7 Å². The van der Waals surface area contributed by atoms with Gasteiger partial charge in [-0.05, 0) is 43.0 Å². The number of carbonyl (C=O) groups is 1. The molecule has 126 valence electrons. The van der Waals surface area contributed by atoms with Crippen LogP contribution in [0.5, 0.6) is 0 Å². The lowest BCUT2D eigenvalue weighted by Crippen LogP contribution is -2.41. The number of ether oxygens (including phenoxy) is 2. The van der Waals surface area contributed by atoms with Gasteiger partial charge in [0.05, 0.1) is 18.8 Å². The largest absolute Gasteiger partial charge is 0.445 e. The highest BCUT2D eigenvalue weighted by atomic mass is 16.5. The van der Waals surface area contributed by atoms with Crippen LogP contribution in [0, 0.1) is 6.92 Å². The summed E-state index contributed by atoms with van der Waals surface area (Å²) in [4.78, 5) is 16.1. The summed E-state index contributed by atoms with van der Waals surface area (Å²) < 4.78 is 11.1. The van der Waals surface area contributed by atoms with Crippen LogP contribution in [0.15, 0.2) is 48.7 Å². The van der Waals surface area contributed by atoms with Gasteiger partial charge in [-0.2, -0.15) is 0 Å². The molecule has 0 bridgehead atoms. The standard InChI is InChI=1S/C19H22N2O3/c1-14-11-16(9-10-20-14)18-8-7-17(13-23-18)21-19(22)24-12-15-5-3-2-4-6-15/h2-6,9-11,17-18H,7-8,12-13H2,1H3,(H,21,22). The summed E-state index contributed by atoms with van der Waals surface area (Å²) in [7, 11) is 0. The van der Waals surface area contributed by atoms with Crippen molar-refractivity contribution < 1.29 is 14.3 Å². The Bertz CT molecular complexity index is 667. The van der Waals surface area contributed by atoms with E-state index in [0.29, 0.717) is 6.61 Å². The monoisotopic (exact) mass is 326 g/mol. The number of benzene rings is 1. The number of nitrogens with zero attached hydrogens (tertiary/aromatic N) is 1. The molecule has 2 unspecified atom stereocenters. The van der Waals surface area contributed by atoms with Crippen molar-refractivity contribution in [2.75, 3.05) is 6.61 Å². The minimum atomic E-state index is -0.398. The van der Waals surface area contributed by atoms with Crippen LogP contribution in [0.1, 0.15) is 35.8 Å². The molecule has 0 saturated carbocycles. The Morgan fingerprint density at radius 1 is 1.29 bits per heavy atom. The molecule has 2 aromatic rings. The average Bonchev–Trinajstić information content (AvgIpc) is 2.61. The number of alkyl carbamates (subject to hydrolysis) is 1. The predicted molar refractivity (Wildman–Crippen MR) is 90.5 cm³/mol. The summed E-state index contributed by atoms with van der Waals surface area (Å²) in [6.45, 7) is 2.74. The molecule has 2 heterocycles. The summed E-state index contributed by atoms with van der Waals surface area (Å²) in [5.74, 6) is 0. The van der Waals surface area contributed by atoms with Gasteiger partial charge in [0.1, 0.15) is 6.61 Å². The first-order valence-electron chi connectivity index (χ1n) is 8.22. The van der Waals surface area contributed by atoms with Gasteiger partial charge in [0.15, 0.2) is 0 Å². The third-order valence-corrected chi connectivity index (χ3v) is 4.10. The van der Waals surface area contributed by atoms with E-state index in [1.54, 1.807) is 6.20 Å². The second-order valence-electron chi connectivity index (χ2n) is 6.03. The molecule has 24 heavy (non-hydrogen) atoms. The van der Waals surface area contributed by atoms with Gasteiger partial charge >= 0.3 is 6.09 Å². The van der Waals surface area contributed by atoms with E-state index in [0.717, 1.165) is 29.7 Å². The molecule has 1 aromatic heterocycles. The van der Waals surface area contributed by atoms with Gasteiger partial charge in [0.2, 0.25) is 0 Å². The second-order valence-corrected chi connectivity index (χ2v) is 6.03. The van der Waals surface area contributed by atoms with E-state index < -0.39 is 6.09 Å². The van der Waals surface area contributed by atoms with Gasteiger partial charge in [-0.15, -0.1) is 0 Å². The highest BCUT2D eigenvalue weighted by Gasteiger charge is 2.24. The van der Waals surface area contributed by atoms with Crippen LogP contribution in [0.2, 0.25) is 0 Å². The molecule has 2 atom stereocenters. The normalized spacial score (nSPS) is 20.4. The van der Waals surface area contributed by atoms with E-state index >= 15 is 0 Å². The van der Waals surface area contributed by atoms with Crippen molar-refractivity contribution >= 4 is 6.09 Å². The predicted octanol–water partition coefficient (Wildman–Crippen LogP) is 3.54. The fourth-order valence-electron chi connectivity index (χ4n) is 2.83. The number of aryl methyl sites for hydroxylation is 1. The smallest absolute Gasteiger partial charge is 0.407 e. The van der Waals surface area contributed by atoms with E-state index in [2.05, 4.69) is 10.3 Å². The first kappa shape index (κ1) is 16.5. The lowest BCUT2D eigenvalue weighted by Gasteiger charge is -2.29. The Labute approximate surface area is 142 Å². The van der Waals surface area contributed by atoms with Crippen LogP contribution in [-0.2, 0) is 16.1 Å². The molecule has 0 aliphatic carbocycles. The minimum absolute atomic E-state index is 0.00698. The van der Waals surface area contributed by atoms with E-state index in [1.807, 2.05) is 49.4 Å². The average molecular weight is 326 g/mol. The zero-order chi connectivity index (χ0) is 16.8. The molecule has 1 fully saturated rings. The van der Waals surface area contributed by atoms with Crippen molar-refractivity contribution in [3.8, 4) is 0 Å². The fourth-order valence-corrected chi connectivity index (χ4v) is 2.83. The molecule has 1 aliphatic rings. The van der Waals surface area contributed by atoms with Gasteiger partial charge in [0, 0.05) is 11.9 Å². The summed E-state index contributed by atoms with van der Waals surface area (Å²) in [6, 6.07) is 13.7. The number of aromatic nitrogens is 1. The number of nitrogens with one attached hydrogen (secondary N) is 1. The molecule has 3 rings (SSSR count). The zero-order valence-corrected chi connectivity index (χ0v) is 13.8. The Morgan fingerprint density at radius 3 is 2.83 bits per heavy atom. The topological polar surface area (TPSA) is 60.5 Å². The quantitative estimate of drug-likeness (QED) is 0.933. The van der Waals surface area contributed by atoms with Crippen molar-refractivity contribution in [1.82, 2.24) is 10.3 Å². The number of hydrogen-bond donors (Lipinski definition) is 1. The maximum Gasteiger partial charge on any atom is 0.407 e. The maximum absolute atomic E-state index is 11.9. The van der Waals surface area contributed by atoms with Gasteiger partial charge in [-0.25, -0.2) is 4.79 Å². The molecule has 1 saturated heterocycles. The molecule has 0 radical (unpaired) electrons. The van der Waals surface area contributed by atoms with Crippen LogP contribution in [0.25, 0.3) is 0 Å². The van der Waals surface area contributed by atoms with Gasteiger partial charge in [-0.3, -0.25) is 4.98 Å². The Hall–Kier alpha value is -2.40. The van der Waals surface area contributed by atoms with Crippen LogP contribution < -0.4 is 5.32 Å². The van der Waals surface area contributed by atoms with Crippen LogP contribution in [0.4, 0.5) is 4.79 Å². The van der Waals surface area contributed by atoms with E-state index in [9.17, 15) is 4.79 Å². The molecule has 0 spiro atoms. The van der Waals surface area contributed by atoms with Gasteiger partial charge < -0.3 is 14.8 Å². The SMILES string of the molecule is Cc1cc(C2CCC(NC(=O)OCc3ccccc3)CO2)ccn1. The van der Waals surface area contributed by atoms with Crippen LogP contribution >= 0.6 is 0 Å². The number of carbonyl (C=O) groups excluding carboxylic acids is 1. The maximum atomic E-state index is 11.9. The first-order chi connectivity index (χ1) is 11.7. The van der Waals surface area contributed by atoms with E-state index in [4.69, 9.17) is 9.47 Å². The van der Waals surface area contributed by atoms with Crippen molar-refractivity contribution in [2.24, 2.45) is 0 Å². The molecular weight excluding hydrogens is 304 g/mol. The van der Waals surface area contributed by atoms with Crippen LogP contribution in [0.3, 0.4) is 0 Å². The second kappa shape index (κ2) is 7.93. The molecule has 1 aromatic carbocycles.